The molecule has 0 amide bonds. The van der Waals surface area contributed by atoms with Crippen LogP contribution in [0.4, 0.5) is 0 Å². The highest BCUT2D eigenvalue weighted by atomic mass is 79.9. The Morgan fingerprint density at radius 1 is 1.40 bits per heavy atom. The summed E-state index contributed by atoms with van der Waals surface area (Å²) in [4.78, 5) is 4.57. The van der Waals surface area contributed by atoms with Gasteiger partial charge in [-0.05, 0) is 18.7 Å². The molecule has 1 aromatic carbocycles. The molecule has 20 heavy (non-hydrogen) atoms. The zero-order valence-electron chi connectivity index (χ0n) is 11.2. The molecule has 2 aromatic rings. The number of halogens is 1. The van der Waals surface area contributed by atoms with Crippen LogP contribution in [0.15, 0.2) is 33.3 Å². The maximum absolute atomic E-state index is 5.46. The largest absolute Gasteiger partial charge is 0.339 e. The van der Waals surface area contributed by atoms with Gasteiger partial charge in [0.25, 0.3) is 0 Å². The van der Waals surface area contributed by atoms with Gasteiger partial charge in [-0.25, -0.2) is 0 Å². The van der Waals surface area contributed by atoms with E-state index in [4.69, 9.17) is 4.52 Å². The third-order valence-corrected chi connectivity index (χ3v) is 5.52. The second kappa shape index (κ2) is 6.28. The van der Waals surface area contributed by atoms with Gasteiger partial charge in [0.1, 0.15) is 0 Å². The van der Waals surface area contributed by atoms with E-state index in [9.17, 15) is 0 Å². The third kappa shape index (κ3) is 2.92. The fraction of sp³-hybridized carbons (Fsp3) is 0.429. The lowest BCUT2D eigenvalue weighted by Gasteiger charge is -2.13. The number of benzene rings is 1. The zero-order valence-corrected chi connectivity index (χ0v) is 13.6. The van der Waals surface area contributed by atoms with Crippen molar-refractivity contribution >= 4 is 27.7 Å². The van der Waals surface area contributed by atoms with Crippen LogP contribution < -0.4 is 5.32 Å². The van der Waals surface area contributed by atoms with Crippen molar-refractivity contribution in [1.82, 2.24) is 15.5 Å². The number of nitrogens with one attached hydrogen (secondary N) is 1. The lowest BCUT2D eigenvalue weighted by molar-refractivity contribution is 0.341. The van der Waals surface area contributed by atoms with E-state index in [0.29, 0.717) is 18.4 Å². The van der Waals surface area contributed by atoms with Gasteiger partial charge in [0, 0.05) is 28.4 Å². The van der Waals surface area contributed by atoms with Crippen LogP contribution in [0, 0.1) is 0 Å². The molecule has 1 aliphatic rings. The summed E-state index contributed by atoms with van der Waals surface area (Å²) in [5, 5.41) is 7.45. The minimum Gasteiger partial charge on any atom is -0.339 e. The van der Waals surface area contributed by atoms with Crippen LogP contribution in [0.5, 0.6) is 0 Å². The first kappa shape index (κ1) is 14.1. The van der Waals surface area contributed by atoms with Gasteiger partial charge in [0.05, 0.1) is 5.92 Å². The van der Waals surface area contributed by atoms with Gasteiger partial charge in [-0.1, -0.05) is 39.3 Å². The number of likely N-dealkylation sites (N-methyl/N-ethyl adjacent to an activating group) is 1. The molecule has 1 saturated heterocycles. The predicted octanol–water partition coefficient (Wildman–Crippen LogP) is 2.84. The maximum atomic E-state index is 5.46. The third-order valence-electron chi connectivity index (χ3n) is 3.56. The molecular formula is C14H16BrN3OS. The van der Waals surface area contributed by atoms with Crippen LogP contribution in [-0.4, -0.2) is 34.7 Å². The molecule has 0 radical (unpaired) electrons. The Balaban J connectivity index is 1.76. The lowest BCUT2D eigenvalue weighted by atomic mass is 10.0. The van der Waals surface area contributed by atoms with Gasteiger partial charge in [-0.2, -0.15) is 16.7 Å². The van der Waals surface area contributed by atoms with Gasteiger partial charge in [0.2, 0.25) is 5.89 Å². The predicted molar refractivity (Wildman–Crippen MR) is 84.2 cm³/mol. The Hall–Kier alpha value is -0.850. The summed E-state index contributed by atoms with van der Waals surface area (Å²) in [5.74, 6) is 3.98. The molecule has 2 unspecified atom stereocenters. The number of hydrogen-bond acceptors (Lipinski definition) is 5. The van der Waals surface area contributed by atoms with Gasteiger partial charge >= 0.3 is 0 Å². The number of hydrogen-bond donors (Lipinski definition) is 1. The fourth-order valence-corrected chi connectivity index (χ4v) is 4.23. The Morgan fingerprint density at radius 2 is 2.25 bits per heavy atom. The lowest BCUT2D eigenvalue weighted by Crippen LogP contribution is -2.31. The van der Waals surface area contributed by atoms with Crippen LogP contribution in [0.1, 0.15) is 23.2 Å². The molecule has 6 heteroatoms. The number of thioether (sulfide) groups is 1. The average Bonchev–Trinajstić information content (AvgIpc) is 3.09. The maximum Gasteiger partial charge on any atom is 0.232 e. The van der Waals surface area contributed by atoms with E-state index < -0.39 is 0 Å². The minimum atomic E-state index is 0.325. The summed E-state index contributed by atoms with van der Waals surface area (Å²) >= 11 is 5.48. The van der Waals surface area contributed by atoms with E-state index in [0.717, 1.165) is 27.7 Å². The highest BCUT2D eigenvalue weighted by molar-refractivity contribution is 9.10. The van der Waals surface area contributed by atoms with Crippen LogP contribution in [-0.2, 0) is 6.42 Å². The summed E-state index contributed by atoms with van der Waals surface area (Å²) in [6.45, 7) is 0. The van der Waals surface area contributed by atoms with Gasteiger partial charge in [-0.15, -0.1) is 0 Å². The Morgan fingerprint density at radius 3 is 3.05 bits per heavy atom. The standard InChI is InChI=1S/C14H16BrN3OS/c1-16-12-8-20-7-10(12)14-17-13(18-19-14)6-9-4-2-3-5-11(9)15/h2-5,10,12,16H,6-8H2,1H3. The Kier molecular flexibility index (Phi) is 4.43. The van der Waals surface area contributed by atoms with Crippen LogP contribution in [0.25, 0.3) is 0 Å². The van der Waals surface area contributed by atoms with Gasteiger partial charge < -0.3 is 9.84 Å². The van der Waals surface area contributed by atoms with Crippen molar-refractivity contribution in [3.05, 3.63) is 46.0 Å². The second-order valence-electron chi connectivity index (χ2n) is 4.86. The molecular weight excluding hydrogens is 338 g/mol. The quantitative estimate of drug-likeness (QED) is 0.915. The molecule has 4 nitrogen and oxygen atoms in total. The Bertz CT molecular complexity index is 589. The first-order chi connectivity index (χ1) is 9.78. The molecule has 1 aliphatic heterocycles. The topological polar surface area (TPSA) is 51.0 Å². The summed E-state index contributed by atoms with van der Waals surface area (Å²) in [6, 6.07) is 8.55. The van der Waals surface area contributed by atoms with E-state index in [1.807, 2.05) is 37.0 Å². The van der Waals surface area contributed by atoms with Gasteiger partial charge in [-0.3, -0.25) is 0 Å². The van der Waals surface area contributed by atoms with E-state index in [1.165, 1.54) is 5.56 Å². The van der Waals surface area contributed by atoms with Crippen molar-refractivity contribution < 1.29 is 4.52 Å². The molecule has 0 aliphatic carbocycles. The monoisotopic (exact) mass is 353 g/mol. The smallest absolute Gasteiger partial charge is 0.232 e. The number of aromatic nitrogens is 2. The van der Waals surface area contributed by atoms with Crippen molar-refractivity contribution in [1.29, 1.82) is 0 Å². The normalized spacial score (nSPS) is 22.3. The number of nitrogens with zero attached hydrogens (tertiary/aromatic N) is 2. The summed E-state index contributed by atoms with van der Waals surface area (Å²) in [5.41, 5.74) is 1.17. The summed E-state index contributed by atoms with van der Waals surface area (Å²) in [7, 11) is 1.99. The number of rotatable bonds is 4. The molecule has 1 aromatic heterocycles. The second-order valence-corrected chi connectivity index (χ2v) is 6.79. The molecule has 1 N–H and O–H groups in total. The summed E-state index contributed by atoms with van der Waals surface area (Å²) in [6.07, 6.45) is 0.689. The average molecular weight is 354 g/mol. The van der Waals surface area contributed by atoms with Crippen molar-refractivity contribution in [3.63, 3.8) is 0 Å². The minimum absolute atomic E-state index is 0.325. The highest BCUT2D eigenvalue weighted by Crippen LogP contribution is 2.32. The highest BCUT2D eigenvalue weighted by Gasteiger charge is 2.32. The molecule has 2 atom stereocenters. The molecule has 1 fully saturated rings. The fourth-order valence-electron chi connectivity index (χ4n) is 2.38. The zero-order chi connectivity index (χ0) is 13.9. The first-order valence-corrected chi connectivity index (χ1v) is 8.53. The molecule has 0 spiro atoms. The molecule has 0 saturated carbocycles. The molecule has 106 valence electrons. The van der Waals surface area contributed by atoms with Crippen LogP contribution in [0.2, 0.25) is 0 Å². The van der Waals surface area contributed by atoms with E-state index in [1.54, 1.807) is 0 Å². The molecule has 2 heterocycles. The van der Waals surface area contributed by atoms with E-state index in [2.05, 4.69) is 37.5 Å². The first-order valence-electron chi connectivity index (χ1n) is 6.59. The molecule has 0 bridgehead atoms. The SMILES string of the molecule is CNC1CSCC1c1nc(Cc2ccccc2Br)no1. The van der Waals surface area contributed by atoms with Crippen molar-refractivity contribution in [2.75, 3.05) is 18.6 Å². The van der Waals surface area contributed by atoms with Crippen molar-refractivity contribution in [2.45, 2.75) is 18.4 Å². The van der Waals surface area contributed by atoms with Crippen LogP contribution in [0.3, 0.4) is 0 Å². The molecule has 3 rings (SSSR count). The van der Waals surface area contributed by atoms with E-state index in [-0.39, 0.29) is 0 Å². The van der Waals surface area contributed by atoms with Crippen molar-refractivity contribution in [3.8, 4) is 0 Å². The van der Waals surface area contributed by atoms with E-state index >= 15 is 0 Å². The Labute approximate surface area is 130 Å². The van der Waals surface area contributed by atoms with Crippen molar-refractivity contribution in [2.24, 2.45) is 0 Å². The summed E-state index contributed by atoms with van der Waals surface area (Å²) < 4.78 is 6.54. The van der Waals surface area contributed by atoms with Gasteiger partial charge in [0.15, 0.2) is 5.82 Å². The van der Waals surface area contributed by atoms with Crippen LogP contribution >= 0.6 is 27.7 Å².